The SMILES string of the molecule is CC(C)(C)c1ccc2c(c1)CC1(C)CCCCCC2C1N. The number of fused-ring (bicyclic) bond motifs is 4. The molecule has 1 aromatic carbocycles. The van der Waals surface area contributed by atoms with E-state index in [0.717, 1.165) is 0 Å². The number of benzene rings is 1. The summed E-state index contributed by atoms with van der Waals surface area (Å²) in [4.78, 5) is 0. The summed E-state index contributed by atoms with van der Waals surface area (Å²) in [7, 11) is 0. The molecular weight excluding hydrogens is 254 g/mol. The lowest BCUT2D eigenvalue weighted by atomic mass is 9.60. The largest absolute Gasteiger partial charge is 0.327 e. The Kier molecular flexibility index (Phi) is 3.68. The molecule has 2 aliphatic rings. The van der Waals surface area contributed by atoms with Gasteiger partial charge in [0.2, 0.25) is 0 Å². The Morgan fingerprint density at radius 3 is 2.62 bits per heavy atom. The molecule has 1 fully saturated rings. The van der Waals surface area contributed by atoms with Gasteiger partial charge in [0.1, 0.15) is 0 Å². The third-order valence-electron chi connectivity index (χ3n) is 6.00. The van der Waals surface area contributed by atoms with Gasteiger partial charge in [-0.25, -0.2) is 0 Å². The molecule has 1 heteroatoms. The minimum absolute atomic E-state index is 0.234. The molecule has 21 heavy (non-hydrogen) atoms. The van der Waals surface area contributed by atoms with Crippen molar-refractivity contribution in [2.45, 2.75) is 83.6 Å². The molecule has 2 N–H and O–H groups in total. The van der Waals surface area contributed by atoms with E-state index in [1.54, 1.807) is 11.1 Å². The number of rotatable bonds is 0. The van der Waals surface area contributed by atoms with Crippen LogP contribution in [0, 0.1) is 5.41 Å². The second-order valence-electron chi connectivity index (χ2n) is 8.73. The van der Waals surface area contributed by atoms with Gasteiger partial charge in [0, 0.05) is 6.04 Å². The second-order valence-corrected chi connectivity index (χ2v) is 8.73. The van der Waals surface area contributed by atoms with Crippen molar-refractivity contribution in [2.24, 2.45) is 11.1 Å². The summed E-state index contributed by atoms with van der Waals surface area (Å²) in [5.74, 6) is 0.577. The summed E-state index contributed by atoms with van der Waals surface area (Å²) < 4.78 is 0. The van der Waals surface area contributed by atoms with Crippen molar-refractivity contribution < 1.29 is 0 Å². The number of hydrogen-bond acceptors (Lipinski definition) is 1. The Labute approximate surface area is 130 Å². The predicted octanol–water partition coefficient (Wildman–Crippen LogP) is 4.92. The fourth-order valence-corrected chi connectivity index (χ4v) is 4.48. The molecule has 116 valence electrons. The minimum Gasteiger partial charge on any atom is -0.327 e. The average molecular weight is 285 g/mol. The van der Waals surface area contributed by atoms with E-state index in [2.05, 4.69) is 45.9 Å². The van der Waals surface area contributed by atoms with Crippen molar-refractivity contribution >= 4 is 0 Å². The number of nitrogens with two attached hydrogens (primary N) is 1. The average Bonchev–Trinajstić information content (AvgIpc) is 2.40. The highest BCUT2D eigenvalue weighted by molar-refractivity contribution is 5.41. The molecule has 0 saturated heterocycles. The first kappa shape index (κ1) is 15.1. The summed E-state index contributed by atoms with van der Waals surface area (Å²) in [6, 6.07) is 7.55. The first-order valence-corrected chi connectivity index (χ1v) is 8.70. The summed E-state index contributed by atoms with van der Waals surface area (Å²) >= 11 is 0. The monoisotopic (exact) mass is 285 g/mol. The molecule has 1 nitrogen and oxygen atoms in total. The maximum atomic E-state index is 6.73. The highest BCUT2D eigenvalue weighted by Crippen LogP contribution is 2.48. The number of hydrogen-bond donors (Lipinski definition) is 1. The maximum absolute atomic E-state index is 6.73. The molecule has 0 amide bonds. The molecule has 0 radical (unpaired) electrons. The van der Waals surface area contributed by atoms with E-state index in [1.165, 1.54) is 44.1 Å². The fraction of sp³-hybridized carbons (Fsp3) is 0.700. The first-order chi connectivity index (χ1) is 9.81. The Hall–Kier alpha value is -0.820. The lowest BCUT2D eigenvalue weighted by molar-refractivity contribution is 0.162. The summed E-state index contributed by atoms with van der Waals surface area (Å²) in [6.45, 7) is 9.36. The Morgan fingerprint density at radius 2 is 1.90 bits per heavy atom. The van der Waals surface area contributed by atoms with Gasteiger partial charge >= 0.3 is 0 Å². The Morgan fingerprint density at radius 1 is 1.14 bits per heavy atom. The standard InChI is InChI=1S/C20H31N/c1-19(2,3)15-9-10-16-14(12-15)13-20(4)11-7-5-6-8-17(16)18(20)21/h9-10,12,17-18H,5-8,11,13,21H2,1-4H3. The van der Waals surface area contributed by atoms with Gasteiger partial charge in [0.05, 0.1) is 0 Å². The second kappa shape index (κ2) is 5.12. The highest BCUT2D eigenvalue weighted by atomic mass is 14.7. The van der Waals surface area contributed by atoms with Crippen molar-refractivity contribution in [3.63, 3.8) is 0 Å². The van der Waals surface area contributed by atoms with Gasteiger partial charge in [-0.05, 0) is 52.7 Å². The quantitative estimate of drug-likeness (QED) is 0.719. The molecule has 2 aliphatic carbocycles. The van der Waals surface area contributed by atoms with Crippen molar-refractivity contribution in [2.75, 3.05) is 0 Å². The van der Waals surface area contributed by atoms with Gasteiger partial charge in [-0.1, -0.05) is 65.2 Å². The summed E-state index contributed by atoms with van der Waals surface area (Å²) in [6.07, 6.45) is 7.82. The van der Waals surface area contributed by atoms with Crippen LogP contribution in [0.3, 0.4) is 0 Å². The molecule has 0 aromatic heterocycles. The van der Waals surface area contributed by atoms with Gasteiger partial charge in [0.15, 0.2) is 0 Å². The van der Waals surface area contributed by atoms with Gasteiger partial charge in [0.25, 0.3) is 0 Å². The zero-order valence-electron chi connectivity index (χ0n) is 14.2. The van der Waals surface area contributed by atoms with Crippen LogP contribution >= 0.6 is 0 Å². The van der Waals surface area contributed by atoms with Gasteiger partial charge in [-0.15, -0.1) is 0 Å². The highest BCUT2D eigenvalue weighted by Gasteiger charge is 2.43. The van der Waals surface area contributed by atoms with Gasteiger partial charge in [-0.2, -0.15) is 0 Å². The normalized spacial score (nSPS) is 33.0. The van der Waals surface area contributed by atoms with E-state index in [-0.39, 0.29) is 5.41 Å². The topological polar surface area (TPSA) is 26.0 Å². The van der Waals surface area contributed by atoms with Crippen LogP contribution in [0.4, 0.5) is 0 Å². The predicted molar refractivity (Wildman–Crippen MR) is 90.8 cm³/mol. The smallest absolute Gasteiger partial charge is 0.0165 e. The van der Waals surface area contributed by atoms with Crippen molar-refractivity contribution in [1.82, 2.24) is 0 Å². The molecule has 2 bridgehead atoms. The minimum atomic E-state index is 0.234. The van der Waals surface area contributed by atoms with Crippen LogP contribution in [-0.2, 0) is 11.8 Å². The molecule has 0 aliphatic heterocycles. The van der Waals surface area contributed by atoms with Gasteiger partial charge in [-0.3, -0.25) is 0 Å². The van der Waals surface area contributed by atoms with E-state index >= 15 is 0 Å². The van der Waals surface area contributed by atoms with Gasteiger partial charge < -0.3 is 5.73 Å². The zero-order chi connectivity index (χ0) is 15.3. The fourth-order valence-electron chi connectivity index (χ4n) is 4.48. The molecule has 3 unspecified atom stereocenters. The lowest BCUT2D eigenvalue weighted by Gasteiger charge is -2.47. The molecule has 0 spiro atoms. The van der Waals surface area contributed by atoms with Crippen LogP contribution in [0.2, 0.25) is 0 Å². The van der Waals surface area contributed by atoms with E-state index in [9.17, 15) is 0 Å². The molecule has 0 heterocycles. The van der Waals surface area contributed by atoms with Crippen LogP contribution in [0.5, 0.6) is 0 Å². The van der Waals surface area contributed by atoms with E-state index in [0.29, 0.717) is 17.4 Å². The zero-order valence-corrected chi connectivity index (χ0v) is 14.2. The summed E-state index contributed by atoms with van der Waals surface area (Å²) in [5.41, 5.74) is 11.9. The lowest BCUT2D eigenvalue weighted by Crippen LogP contribution is -2.49. The van der Waals surface area contributed by atoms with E-state index in [1.807, 2.05) is 0 Å². The molecular formula is C20H31N. The third-order valence-corrected chi connectivity index (χ3v) is 6.00. The van der Waals surface area contributed by atoms with Crippen LogP contribution in [0.15, 0.2) is 18.2 Å². The van der Waals surface area contributed by atoms with Crippen LogP contribution < -0.4 is 5.73 Å². The molecule has 1 saturated carbocycles. The van der Waals surface area contributed by atoms with Crippen molar-refractivity contribution in [1.29, 1.82) is 0 Å². The van der Waals surface area contributed by atoms with Crippen LogP contribution in [-0.4, -0.2) is 6.04 Å². The molecule has 3 atom stereocenters. The van der Waals surface area contributed by atoms with E-state index in [4.69, 9.17) is 5.73 Å². The van der Waals surface area contributed by atoms with Crippen molar-refractivity contribution in [3.05, 3.63) is 34.9 Å². The summed E-state index contributed by atoms with van der Waals surface area (Å²) in [5, 5.41) is 0. The first-order valence-electron chi connectivity index (χ1n) is 8.70. The Balaban J connectivity index is 2.06. The van der Waals surface area contributed by atoms with Crippen LogP contribution in [0.25, 0.3) is 0 Å². The van der Waals surface area contributed by atoms with E-state index < -0.39 is 0 Å². The van der Waals surface area contributed by atoms with Crippen LogP contribution in [0.1, 0.15) is 82.4 Å². The molecule has 3 rings (SSSR count). The third kappa shape index (κ3) is 2.65. The maximum Gasteiger partial charge on any atom is 0.0165 e. The Bertz CT molecular complexity index is 525. The molecule has 1 aromatic rings. The van der Waals surface area contributed by atoms with Crippen molar-refractivity contribution in [3.8, 4) is 0 Å².